The molecule has 0 aliphatic rings. The fraction of sp³-hybridized carbons (Fsp3) is 0. The molecule has 2 heteroatoms. The highest BCUT2D eigenvalue weighted by Gasteiger charge is 2.26. The lowest BCUT2D eigenvalue weighted by Crippen LogP contribution is -2.13. The summed E-state index contributed by atoms with van der Waals surface area (Å²) >= 11 is 0. The zero-order valence-corrected chi connectivity index (χ0v) is 36.0. The summed E-state index contributed by atoms with van der Waals surface area (Å²) in [5, 5.41) is 21.9. The maximum Gasteiger partial charge on any atom is 0.0618 e. The zero-order valence-electron chi connectivity index (χ0n) is 36.0. The number of nitrogens with zero attached hydrogens (tertiary/aromatic N) is 2. The van der Waals surface area contributed by atoms with E-state index in [0.29, 0.717) is 0 Å². The summed E-state index contributed by atoms with van der Waals surface area (Å²) in [5.74, 6) is 0. The minimum atomic E-state index is 1.14. The van der Waals surface area contributed by atoms with Gasteiger partial charge in [0.2, 0.25) is 0 Å². The van der Waals surface area contributed by atoms with Gasteiger partial charge in [0, 0.05) is 43.1 Å². The van der Waals surface area contributed by atoms with Crippen LogP contribution in [0.15, 0.2) is 243 Å². The number of anilines is 6. The molecule has 0 unspecified atom stereocenters. The molecule has 0 aliphatic carbocycles. The first-order valence-corrected chi connectivity index (χ1v) is 22.8. The van der Waals surface area contributed by atoms with Gasteiger partial charge in [0.05, 0.1) is 34.1 Å². The highest BCUT2D eigenvalue weighted by Crippen LogP contribution is 2.53. The number of hydrogen-bond acceptors (Lipinski definition) is 2. The fourth-order valence-electron chi connectivity index (χ4n) is 11.2. The molecule has 0 atom stereocenters. The molecule has 0 amide bonds. The number of hydrogen-bond donors (Lipinski definition) is 0. The molecule has 0 aromatic heterocycles. The quantitative estimate of drug-likeness (QED) is 0.122. The van der Waals surface area contributed by atoms with Crippen molar-refractivity contribution in [2.45, 2.75) is 0 Å². The standard InChI is InChI=1S/C64H40N2/c1-7-23-49-41(15-1)21-13-29-57(49)65(63-51-25-9-3-17-45(51)39-46-18-4-10-26-52(46)63)59-37-33-43-32-36-56-60(38-34-44-31-35-55(59)61(43)62(44)56)66(58-30-14-22-42-16-2-8-24-50(42)58)64-53-27-11-5-19-47(53)40-48-20-6-12-28-54(48)64/h1-40H. The smallest absolute Gasteiger partial charge is 0.0618 e. The molecular formula is C64H40N2. The van der Waals surface area contributed by atoms with Crippen molar-refractivity contribution in [3.05, 3.63) is 243 Å². The highest BCUT2D eigenvalue weighted by molar-refractivity contribution is 6.30. The maximum atomic E-state index is 2.56. The molecular weight excluding hydrogens is 797 g/mol. The van der Waals surface area contributed by atoms with Gasteiger partial charge in [-0.05, 0) is 90.3 Å². The minimum Gasteiger partial charge on any atom is -0.308 e. The summed E-state index contributed by atoms with van der Waals surface area (Å²) < 4.78 is 0. The lowest BCUT2D eigenvalue weighted by Gasteiger charge is -2.32. The van der Waals surface area contributed by atoms with Gasteiger partial charge in [-0.2, -0.15) is 0 Å². The number of rotatable bonds is 6. The van der Waals surface area contributed by atoms with Crippen LogP contribution in [0.25, 0.3) is 97.0 Å². The summed E-state index contributed by atoms with van der Waals surface area (Å²) in [5.41, 5.74) is 6.95. The van der Waals surface area contributed by atoms with Crippen molar-refractivity contribution in [2.75, 3.05) is 9.80 Å². The van der Waals surface area contributed by atoms with Gasteiger partial charge in [-0.1, -0.05) is 206 Å². The molecule has 0 saturated carbocycles. The Morgan fingerprint density at radius 3 is 0.848 bits per heavy atom. The molecule has 0 saturated heterocycles. The summed E-state index contributed by atoms with van der Waals surface area (Å²) in [6.07, 6.45) is 0. The average Bonchev–Trinajstić information content (AvgIpc) is 3.38. The summed E-state index contributed by atoms with van der Waals surface area (Å²) in [6.45, 7) is 0. The first kappa shape index (κ1) is 36.7. The second kappa shape index (κ2) is 14.4. The van der Waals surface area contributed by atoms with E-state index in [9.17, 15) is 0 Å². The lowest BCUT2D eigenvalue weighted by atomic mass is 9.90. The Balaban J connectivity index is 1.11. The van der Waals surface area contributed by atoms with E-state index in [2.05, 4.69) is 252 Å². The second-order valence-corrected chi connectivity index (χ2v) is 17.6. The molecule has 14 rings (SSSR count). The van der Waals surface area contributed by atoms with Crippen LogP contribution in [0.1, 0.15) is 0 Å². The Morgan fingerprint density at radius 1 is 0.182 bits per heavy atom. The number of benzene rings is 14. The summed E-state index contributed by atoms with van der Waals surface area (Å²) in [6, 6.07) is 90.0. The van der Waals surface area contributed by atoms with Crippen molar-refractivity contribution in [1.29, 1.82) is 0 Å². The molecule has 0 fully saturated rings. The van der Waals surface area contributed by atoms with Crippen LogP contribution in [0.4, 0.5) is 34.1 Å². The van der Waals surface area contributed by atoms with Gasteiger partial charge >= 0.3 is 0 Å². The molecule has 0 N–H and O–H groups in total. The van der Waals surface area contributed by atoms with Crippen LogP contribution in [0.5, 0.6) is 0 Å². The SMILES string of the molecule is c1ccc2c(N(c3c4ccccc4cc4ccccc34)c3ccc4ccc5c(N(c6cccc7ccccc67)c6c7ccccc7cc7ccccc67)ccc6ccc3c4c65)cccc2c1. The molecule has 0 heterocycles. The van der Waals surface area contributed by atoms with Crippen LogP contribution < -0.4 is 9.80 Å². The fourth-order valence-corrected chi connectivity index (χ4v) is 11.2. The third-order valence-electron chi connectivity index (χ3n) is 14.0. The Kier molecular flexibility index (Phi) is 8.02. The molecule has 0 bridgehead atoms. The van der Waals surface area contributed by atoms with Crippen LogP contribution in [-0.2, 0) is 0 Å². The molecule has 0 aliphatic heterocycles. The first-order valence-electron chi connectivity index (χ1n) is 22.8. The van der Waals surface area contributed by atoms with E-state index in [1.807, 2.05) is 0 Å². The van der Waals surface area contributed by atoms with Crippen LogP contribution in [-0.4, -0.2) is 0 Å². The molecule has 0 spiro atoms. The van der Waals surface area contributed by atoms with E-state index in [1.54, 1.807) is 0 Å². The molecule has 306 valence electrons. The largest absolute Gasteiger partial charge is 0.308 e. The van der Waals surface area contributed by atoms with Crippen molar-refractivity contribution in [3.63, 3.8) is 0 Å². The predicted molar refractivity (Wildman–Crippen MR) is 285 cm³/mol. The van der Waals surface area contributed by atoms with Gasteiger partial charge in [0.1, 0.15) is 0 Å². The van der Waals surface area contributed by atoms with Gasteiger partial charge in [-0.15, -0.1) is 0 Å². The van der Waals surface area contributed by atoms with Crippen LogP contribution in [0.2, 0.25) is 0 Å². The predicted octanol–water partition coefficient (Wildman–Crippen LogP) is 18.4. The number of fused-ring (bicyclic) bond motifs is 6. The molecule has 2 nitrogen and oxygen atoms in total. The van der Waals surface area contributed by atoms with Crippen LogP contribution in [0.3, 0.4) is 0 Å². The van der Waals surface area contributed by atoms with Gasteiger partial charge < -0.3 is 9.80 Å². The molecule has 66 heavy (non-hydrogen) atoms. The Bertz CT molecular complexity index is 3870. The highest BCUT2D eigenvalue weighted by atomic mass is 15.2. The lowest BCUT2D eigenvalue weighted by molar-refractivity contribution is 1.34. The maximum absolute atomic E-state index is 2.56. The molecule has 0 radical (unpaired) electrons. The van der Waals surface area contributed by atoms with Crippen LogP contribution >= 0.6 is 0 Å². The van der Waals surface area contributed by atoms with E-state index >= 15 is 0 Å². The first-order chi connectivity index (χ1) is 32.8. The van der Waals surface area contributed by atoms with E-state index in [-0.39, 0.29) is 0 Å². The topological polar surface area (TPSA) is 6.48 Å². The molecule has 14 aromatic rings. The normalized spacial score (nSPS) is 11.9. The van der Waals surface area contributed by atoms with Gasteiger partial charge in [-0.3, -0.25) is 0 Å². The van der Waals surface area contributed by atoms with E-state index in [0.717, 1.165) is 22.7 Å². The summed E-state index contributed by atoms with van der Waals surface area (Å²) in [4.78, 5) is 5.12. The summed E-state index contributed by atoms with van der Waals surface area (Å²) in [7, 11) is 0. The third kappa shape index (κ3) is 5.42. The Morgan fingerprint density at radius 2 is 0.470 bits per heavy atom. The van der Waals surface area contributed by atoms with Crippen molar-refractivity contribution in [1.82, 2.24) is 0 Å². The van der Waals surface area contributed by atoms with Crippen molar-refractivity contribution in [2.24, 2.45) is 0 Å². The Hall–Kier alpha value is -8.72. The van der Waals surface area contributed by atoms with Gasteiger partial charge in [0.15, 0.2) is 0 Å². The average molecular weight is 837 g/mol. The minimum absolute atomic E-state index is 1.14. The van der Waals surface area contributed by atoms with Crippen molar-refractivity contribution < 1.29 is 0 Å². The van der Waals surface area contributed by atoms with Gasteiger partial charge in [-0.25, -0.2) is 0 Å². The Labute approximate surface area is 381 Å². The van der Waals surface area contributed by atoms with Gasteiger partial charge in [0.25, 0.3) is 0 Å². The van der Waals surface area contributed by atoms with E-state index < -0.39 is 0 Å². The van der Waals surface area contributed by atoms with Crippen molar-refractivity contribution >= 4 is 131 Å². The van der Waals surface area contributed by atoms with Crippen molar-refractivity contribution in [3.8, 4) is 0 Å². The van der Waals surface area contributed by atoms with E-state index in [1.165, 1.54) is 108 Å². The monoisotopic (exact) mass is 836 g/mol. The second-order valence-electron chi connectivity index (χ2n) is 17.6. The molecule has 14 aromatic carbocycles. The zero-order chi connectivity index (χ0) is 43.3. The third-order valence-corrected chi connectivity index (χ3v) is 14.0. The van der Waals surface area contributed by atoms with E-state index in [4.69, 9.17) is 0 Å². The van der Waals surface area contributed by atoms with Crippen LogP contribution in [0, 0.1) is 0 Å².